The summed E-state index contributed by atoms with van der Waals surface area (Å²) < 4.78 is 2.43. The molecule has 1 aromatic heterocycles. The summed E-state index contributed by atoms with van der Waals surface area (Å²) in [5, 5.41) is 0. The van der Waals surface area contributed by atoms with Crippen LogP contribution in [0.3, 0.4) is 0 Å². The van der Waals surface area contributed by atoms with Crippen molar-refractivity contribution in [3.8, 4) is 0 Å². The van der Waals surface area contributed by atoms with Gasteiger partial charge in [0.2, 0.25) is 0 Å². The summed E-state index contributed by atoms with van der Waals surface area (Å²) in [5.74, 6) is 2.84. The van der Waals surface area contributed by atoms with Crippen LogP contribution in [0, 0.1) is 12.8 Å². The van der Waals surface area contributed by atoms with Crippen molar-refractivity contribution in [2.45, 2.75) is 57.9 Å². The summed E-state index contributed by atoms with van der Waals surface area (Å²) in [4.78, 5) is 7.52. The average molecular weight is 338 g/mol. The van der Waals surface area contributed by atoms with Gasteiger partial charge in [-0.1, -0.05) is 49.6 Å². The molecule has 1 aliphatic carbocycles. The molecule has 2 aromatic rings. The zero-order chi connectivity index (χ0) is 17.1. The number of aryl methyl sites for hydroxylation is 1. The van der Waals surface area contributed by atoms with Crippen LogP contribution in [0.5, 0.6) is 0 Å². The van der Waals surface area contributed by atoms with Gasteiger partial charge in [0.1, 0.15) is 5.82 Å². The predicted octanol–water partition coefficient (Wildman–Crippen LogP) is 4.61. The molecule has 1 aliphatic heterocycles. The van der Waals surface area contributed by atoms with E-state index in [1.807, 2.05) is 0 Å². The lowest BCUT2D eigenvalue weighted by Crippen LogP contribution is -2.28. The highest BCUT2D eigenvalue weighted by Gasteiger charge is 2.29. The van der Waals surface area contributed by atoms with Crippen molar-refractivity contribution in [2.75, 3.05) is 19.6 Å². The molecule has 1 saturated heterocycles. The van der Waals surface area contributed by atoms with Crippen LogP contribution in [0.15, 0.2) is 36.5 Å². The molecule has 0 spiro atoms. The minimum absolute atomic E-state index is 0.598. The molecule has 3 heteroatoms. The Morgan fingerprint density at radius 3 is 2.64 bits per heavy atom. The second-order valence-corrected chi connectivity index (χ2v) is 8.08. The maximum absolute atomic E-state index is 4.81. The maximum atomic E-state index is 4.81. The van der Waals surface area contributed by atoms with Gasteiger partial charge in [-0.2, -0.15) is 0 Å². The molecule has 0 N–H and O–H groups in total. The highest BCUT2D eigenvalue weighted by molar-refractivity contribution is 5.19. The Bertz CT molecular complexity index is 670. The number of aromatic nitrogens is 2. The first-order valence-corrected chi connectivity index (χ1v) is 10.1. The molecule has 1 aromatic carbocycles. The van der Waals surface area contributed by atoms with Crippen LogP contribution in [-0.4, -0.2) is 34.1 Å². The summed E-state index contributed by atoms with van der Waals surface area (Å²) in [7, 11) is 0. The zero-order valence-electron chi connectivity index (χ0n) is 15.5. The van der Waals surface area contributed by atoms with Crippen LogP contribution in [-0.2, 0) is 6.54 Å². The van der Waals surface area contributed by atoms with E-state index < -0.39 is 0 Å². The topological polar surface area (TPSA) is 21.1 Å². The van der Waals surface area contributed by atoms with E-state index in [0.29, 0.717) is 5.92 Å². The predicted molar refractivity (Wildman–Crippen MR) is 103 cm³/mol. The number of nitrogens with zero attached hydrogens (tertiary/aromatic N) is 3. The molecule has 2 heterocycles. The molecule has 134 valence electrons. The van der Waals surface area contributed by atoms with Gasteiger partial charge in [0, 0.05) is 37.4 Å². The van der Waals surface area contributed by atoms with Gasteiger partial charge in [0.25, 0.3) is 0 Å². The second kappa shape index (κ2) is 7.74. The van der Waals surface area contributed by atoms with Gasteiger partial charge in [-0.15, -0.1) is 0 Å². The van der Waals surface area contributed by atoms with Crippen LogP contribution in [0.4, 0.5) is 0 Å². The first-order valence-electron chi connectivity index (χ1n) is 10.1. The molecule has 1 unspecified atom stereocenters. The molecule has 0 amide bonds. The van der Waals surface area contributed by atoms with Crippen LogP contribution in [0.25, 0.3) is 0 Å². The monoisotopic (exact) mass is 337 g/mol. The van der Waals surface area contributed by atoms with E-state index in [4.69, 9.17) is 4.98 Å². The number of hydrogen-bond acceptors (Lipinski definition) is 2. The quantitative estimate of drug-likeness (QED) is 0.794. The van der Waals surface area contributed by atoms with Crippen molar-refractivity contribution in [2.24, 2.45) is 5.92 Å². The van der Waals surface area contributed by atoms with Gasteiger partial charge in [-0.3, -0.25) is 0 Å². The van der Waals surface area contributed by atoms with Crippen LogP contribution in [0.1, 0.15) is 61.5 Å². The highest BCUT2D eigenvalue weighted by atomic mass is 15.2. The standard InChI is InChI=1S/C22H31N3/c1-18-14-23-22(25(18)16-20-10-6-3-7-11-20)21-12-13-24(17-21)15-19-8-4-2-5-9-19/h3,6-7,10-11,14,19,21H,2,4-5,8-9,12-13,15-17H2,1H3. The number of hydrogen-bond donors (Lipinski definition) is 0. The number of imidazole rings is 1. The lowest BCUT2D eigenvalue weighted by atomic mass is 9.89. The van der Waals surface area contributed by atoms with Gasteiger partial charge >= 0.3 is 0 Å². The Hall–Kier alpha value is -1.61. The molecular weight excluding hydrogens is 306 g/mol. The molecule has 25 heavy (non-hydrogen) atoms. The average Bonchev–Trinajstić information content (AvgIpc) is 3.24. The Kier molecular flexibility index (Phi) is 5.21. The fourth-order valence-corrected chi connectivity index (χ4v) is 4.72. The van der Waals surface area contributed by atoms with Gasteiger partial charge in [0.15, 0.2) is 0 Å². The Balaban J connectivity index is 1.42. The van der Waals surface area contributed by atoms with Crippen molar-refractivity contribution in [1.82, 2.24) is 14.5 Å². The summed E-state index contributed by atoms with van der Waals surface area (Å²) >= 11 is 0. The summed E-state index contributed by atoms with van der Waals surface area (Å²) in [6.45, 7) is 6.89. The van der Waals surface area contributed by atoms with Crippen LogP contribution < -0.4 is 0 Å². The molecule has 2 aliphatic rings. The van der Waals surface area contributed by atoms with Gasteiger partial charge in [-0.25, -0.2) is 4.98 Å². The molecule has 4 rings (SSSR count). The molecule has 2 fully saturated rings. The normalized spacial score (nSPS) is 22.5. The summed E-state index contributed by atoms with van der Waals surface area (Å²) in [5.41, 5.74) is 2.64. The van der Waals surface area contributed by atoms with E-state index in [9.17, 15) is 0 Å². The minimum atomic E-state index is 0.598. The number of benzene rings is 1. The molecule has 0 radical (unpaired) electrons. The van der Waals surface area contributed by atoms with Crippen LogP contribution >= 0.6 is 0 Å². The van der Waals surface area contributed by atoms with Crippen LogP contribution in [0.2, 0.25) is 0 Å². The lowest BCUT2D eigenvalue weighted by molar-refractivity contribution is 0.231. The third kappa shape index (κ3) is 3.98. The Morgan fingerprint density at radius 2 is 1.84 bits per heavy atom. The molecule has 1 saturated carbocycles. The van der Waals surface area contributed by atoms with E-state index in [2.05, 4.69) is 52.9 Å². The van der Waals surface area contributed by atoms with E-state index in [1.165, 1.54) is 75.2 Å². The minimum Gasteiger partial charge on any atom is -0.328 e. The molecular formula is C22H31N3. The molecule has 0 bridgehead atoms. The van der Waals surface area contributed by atoms with Gasteiger partial charge in [-0.05, 0) is 44.2 Å². The van der Waals surface area contributed by atoms with Crippen molar-refractivity contribution in [3.63, 3.8) is 0 Å². The SMILES string of the molecule is Cc1cnc(C2CCN(CC3CCCCC3)C2)n1Cc1ccccc1. The van der Waals surface area contributed by atoms with E-state index in [-0.39, 0.29) is 0 Å². The van der Waals surface area contributed by atoms with Gasteiger partial charge in [0.05, 0.1) is 0 Å². The van der Waals surface area contributed by atoms with Crippen molar-refractivity contribution >= 4 is 0 Å². The van der Waals surface area contributed by atoms with E-state index in [0.717, 1.165) is 12.5 Å². The molecule has 1 atom stereocenters. The smallest absolute Gasteiger partial charge is 0.113 e. The first kappa shape index (κ1) is 16.8. The van der Waals surface area contributed by atoms with Crippen molar-refractivity contribution in [1.29, 1.82) is 0 Å². The highest BCUT2D eigenvalue weighted by Crippen LogP contribution is 2.31. The third-order valence-corrected chi connectivity index (χ3v) is 6.15. The number of rotatable bonds is 5. The fourth-order valence-electron chi connectivity index (χ4n) is 4.72. The Labute approximate surface area is 152 Å². The van der Waals surface area contributed by atoms with Crippen molar-refractivity contribution < 1.29 is 0 Å². The third-order valence-electron chi connectivity index (χ3n) is 6.15. The second-order valence-electron chi connectivity index (χ2n) is 8.08. The molecule has 3 nitrogen and oxygen atoms in total. The van der Waals surface area contributed by atoms with Gasteiger partial charge < -0.3 is 9.47 Å². The first-order chi connectivity index (χ1) is 12.3. The van der Waals surface area contributed by atoms with Crippen molar-refractivity contribution in [3.05, 3.63) is 53.6 Å². The largest absolute Gasteiger partial charge is 0.328 e. The fraction of sp³-hybridized carbons (Fsp3) is 0.591. The summed E-state index contributed by atoms with van der Waals surface area (Å²) in [6, 6.07) is 10.8. The van der Waals surface area contributed by atoms with E-state index >= 15 is 0 Å². The zero-order valence-corrected chi connectivity index (χ0v) is 15.5. The maximum Gasteiger partial charge on any atom is 0.113 e. The number of likely N-dealkylation sites (tertiary alicyclic amines) is 1. The lowest BCUT2D eigenvalue weighted by Gasteiger charge is -2.26. The summed E-state index contributed by atoms with van der Waals surface area (Å²) in [6.07, 6.45) is 10.6. The Morgan fingerprint density at radius 1 is 1.04 bits per heavy atom. The van der Waals surface area contributed by atoms with E-state index in [1.54, 1.807) is 0 Å².